The van der Waals surface area contributed by atoms with Gasteiger partial charge in [-0.2, -0.15) is 0 Å². The predicted octanol–water partition coefficient (Wildman–Crippen LogP) is 2.99. The molecule has 0 saturated heterocycles. The van der Waals surface area contributed by atoms with E-state index in [1.165, 1.54) is 24.7 Å². The minimum Gasteiger partial charge on any atom is -0.465 e. The standard InChI is InChI=1S/C18H12O4/c19-17(15-8-4-12-21-15)18(20,16-9-5-13-22-16)11-10-14-6-2-1-3-7-14/h1-9,12-13,20H/t18-/m1/s1. The summed E-state index contributed by atoms with van der Waals surface area (Å²) in [7, 11) is 0. The molecule has 3 aromatic rings. The summed E-state index contributed by atoms with van der Waals surface area (Å²) in [5.41, 5.74) is -1.42. The molecule has 0 unspecified atom stereocenters. The molecule has 0 fully saturated rings. The van der Waals surface area contributed by atoms with Gasteiger partial charge in [0.15, 0.2) is 11.5 Å². The maximum absolute atomic E-state index is 12.5. The topological polar surface area (TPSA) is 63.6 Å². The van der Waals surface area contributed by atoms with Crippen molar-refractivity contribution in [3.8, 4) is 11.8 Å². The monoisotopic (exact) mass is 292 g/mol. The Balaban J connectivity index is 2.05. The molecule has 2 heterocycles. The minimum absolute atomic E-state index is 0.0151. The van der Waals surface area contributed by atoms with Crippen molar-refractivity contribution >= 4 is 5.78 Å². The van der Waals surface area contributed by atoms with Crippen molar-refractivity contribution in [3.05, 3.63) is 84.2 Å². The van der Waals surface area contributed by atoms with Crippen molar-refractivity contribution in [2.75, 3.05) is 0 Å². The number of carbonyl (C=O) groups excluding carboxylic acids is 1. The summed E-state index contributed by atoms with van der Waals surface area (Å²) in [6, 6.07) is 15.2. The summed E-state index contributed by atoms with van der Waals surface area (Å²) in [6.45, 7) is 0. The normalized spacial score (nSPS) is 13.0. The van der Waals surface area contributed by atoms with Gasteiger partial charge in [0.25, 0.3) is 5.60 Å². The summed E-state index contributed by atoms with van der Waals surface area (Å²) < 4.78 is 10.3. The number of hydrogen-bond donors (Lipinski definition) is 1. The first kappa shape index (κ1) is 13.9. The Bertz CT molecular complexity index is 805. The van der Waals surface area contributed by atoms with Gasteiger partial charge in [0.1, 0.15) is 0 Å². The molecule has 0 bridgehead atoms. The van der Waals surface area contributed by atoms with E-state index in [2.05, 4.69) is 11.8 Å². The molecule has 1 aromatic carbocycles. The van der Waals surface area contributed by atoms with Crippen LogP contribution in [0.2, 0.25) is 0 Å². The van der Waals surface area contributed by atoms with Crippen LogP contribution in [0.1, 0.15) is 21.9 Å². The summed E-state index contributed by atoms with van der Waals surface area (Å²) in [4.78, 5) is 12.5. The second-order valence-corrected chi connectivity index (χ2v) is 4.61. The van der Waals surface area contributed by atoms with E-state index in [1.807, 2.05) is 18.2 Å². The van der Waals surface area contributed by atoms with Gasteiger partial charge in [-0.25, -0.2) is 0 Å². The molecule has 2 aromatic heterocycles. The molecule has 108 valence electrons. The van der Waals surface area contributed by atoms with Crippen LogP contribution < -0.4 is 0 Å². The van der Waals surface area contributed by atoms with E-state index >= 15 is 0 Å². The fraction of sp³-hybridized carbons (Fsp3) is 0.0556. The van der Waals surface area contributed by atoms with Crippen molar-refractivity contribution in [2.45, 2.75) is 5.60 Å². The Hall–Kier alpha value is -3.03. The summed E-state index contributed by atoms with van der Waals surface area (Å²) in [5, 5.41) is 10.8. The van der Waals surface area contributed by atoms with Crippen molar-refractivity contribution in [3.63, 3.8) is 0 Å². The number of Topliss-reactive ketones (excluding diaryl/α,β-unsaturated/α-hetero) is 1. The molecule has 3 rings (SSSR count). The summed E-state index contributed by atoms with van der Waals surface area (Å²) in [5.74, 6) is 4.80. The van der Waals surface area contributed by atoms with Crippen LogP contribution in [-0.4, -0.2) is 10.9 Å². The third-order valence-corrected chi connectivity index (χ3v) is 3.11. The quantitative estimate of drug-likeness (QED) is 0.595. The first-order chi connectivity index (χ1) is 10.7. The Morgan fingerprint density at radius 3 is 2.32 bits per heavy atom. The molecule has 0 aliphatic carbocycles. The lowest BCUT2D eigenvalue weighted by Gasteiger charge is -2.16. The molecule has 1 N–H and O–H groups in total. The van der Waals surface area contributed by atoms with Crippen LogP contribution >= 0.6 is 0 Å². The molecule has 0 aliphatic rings. The lowest BCUT2D eigenvalue weighted by atomic mass is 9.93. The molecule has 0 saturated carbocycles. The molecule has 0 aliphatic heterocycles. The second kappa shape index (κ2) is 5.76. The van der Waals surface area contributed by atoms with Crippen LogP contribution in [0.25, 0.3) is 0 Å². The molecule has 1 atom stereocenters. The van der Waals surface area contributed by atoms with E-state index in [9.17, 15) is 9.90 Å². The molecular weight excluding hydrogens is 280 g/mol. The van der Waals surface area contributed by atoms with Crippen LogP contribution in [0, 0.1) is 11.8 Å². The third kappa shape index (κ3) is 2.58. The van der Waals surface area contributed by atoms with E-state index in [1.54, 1.807) is 24.3 Å². The Labute approximate surface area is 127 Å². The lowest BCUT2D eigenvalue weighted by Crippen LogP contribution is -2.33. The fourth-order valence-corrected chi connectivity index (χ4v) is 1.98. The zero-order chi connectivity index (χ0) is 15.4. The Morgan fingerprint density at radius 2 is 1.68 bits per heavy atom. The first-order valence-electron chi connectivity index (χ1n) is 6.63. The fourth-order valence-electron chi connectivity index (χ4n) is 1.98. The summed E-state index contributed by atoms with van der Waals surface area (Å²) in [6.07, 6.45) is 2.74. The Kier molecular flexibility index (Phi) is 3.65. The number of ketones is 1. The first-order valence-corrected chi connectivity index (χ1v) is 6.63. The number of carbonyl (C=O) groups is 1. The molecule has 0 spiro atoms. The van der Waals surface area contributed by atoms with Gasteiger partial charge in [0.05, 0.1) is 12.5 Å². The molecule has 22 heavy (non-hydrogen) atoms. The van der Waals surface area contributed by atoms with E-state index in [-0.39, 0.29) is 11.5 Å². The largest absolute Gasteiger partial charge is 0.465 e. The molecule has 4 heteroatoms. The highest BCUT2D eigenvalue weighted by Gasteiger charge is 2.41. The van der Waals surface area contributed by atoms with Crippen molar-refractivity contribution < 1.29 is 18.7 Å². The van der Waals surface area contributed by atoms with Crippen molar-refractivity contribution in [1.82, 2.24) is 0 Å². The van der Waals surface area contributed by atoms with E-state index in [0.29, 0.717) is 5.56 Å². The van der Waals surface area contributed by atoms with Gasteiger partial charge in [-0.1, -0.05) is 24.1 Å². The van der Waals surface area contributed by atoms with Gasteiger partial charge in [-0.15, -0.1) is 0 Å². The number of benzene rings is 1. The molecule has 4 nitrogen and oxygen atoms in total. The highest BCUT2D eigenvalue weighted by Crippen LogP contribution is 2.26. The summed E-state index contributed by atoms with van der Waals surface area (Å²) >= 11 is 0. The van der Waals surface area contributed by atoms with Gasteiger partial charge < -0.3 is 13.9 Å². The number of furan rings is 2. The third-order valence-electron chi connectivity index (χ3n) is 3.11. The van der Waals surface area contributed by atoms with Crippen molar-refractivity contribution in [1.29, 1.82) is 0 Å². The zero-order valence-electron chi connectivity index (χ0n) is 11.5. The minimum atomic E-state index is -2.10. The van der Waals surface area contributed by atoms with Crippen molar-refractivity contribution in [2.24, 2.45) is 0 Å². The SMILES string of the molecule is O=C(c1ccco1)[C@@](O)(C#Cc1ccccc1)c1ccco1. The molecular formula is C18H12O4. The number of rotatable bonds is 3. The van der Waals surface area contributed by atoms with Gasteiger partial charge in [0, 0.05) is 5.56 Å². The number of hydrogen-bond acceptors (Lipinski definition) is 4. The lowest BCUT2D eigenvalue weighted by molar-refractivity contribution is 0.0444. The van der Waals surface area contributed by atoms with Gasteiger partial charge in [-0.3, -0.25) is 4.79 Å². The highest BCUT2D eigenvalue weighted by atomic mass is 16.4. The predicted molar refractivity (Wildman–Crippen MR) is 79.0 cm³/mol. The Morgan fingerprint density at radius 1 is 0.955 bits per heavy atom. The van der Waals surface area contributed by atoms with E-state index < -0.39 is 11.4 Å². The second-order valence-electron chi connectivity index (χ2n) is 4.61. The average molecular weight is 292 g/mol. The maximum atomic E-state index is 12.5. The smallest absolute Gasteiger partial charge is 0.251 e. The highest BCUT2D eigenvalue weighted by molar-refractivity contribution is 6.02. The van der Waals surface area contributed by atoms with E-state index in [4.69, 9.17) is 8.83 Å². The van der Waals surface area contributed by atoms with Gasteiger partial charge in [0.2, 0.25) is 5.78 Å². The van der Waals surface area contributed by atoms with Gasteiger partial charge >= 0.3 is 0 Å². The molecule has 0 amide bonds. The number of aliphatic hydroxyl groups is 1. The van der Waals surface area contributed by atoms with Crippen LogP contribution in [0.3, 0.4) is 0 Å². The van der Waals surface area contributed by atoms with E-state index in [0.717, 1.165) is 0 Å². The van der Waals surface area contributed by atoms with Crippen LogP contribution in [0.5, 0.6) is 0 Å². The zero-order valence-corrected chi connectivity index (χ0v) is 11.5. The maximum Gasteiger partial charge on any atom is 0.251 e. The van der Waals surface area contributed by atoms with Crippen LogP contribution in [0.4, 0.5) is 0 Å². The van der Waals surface area contributed by atoms with Crippen LogP contribution in [-0.2, 0) is 5.60 Å². The average Bonchev–Trinajstić information content (AvgIpc) is 3.25. The molecule has 0 radical (unpaired) electrons. The van der Waals surface area contributed by atoms with Crippen LogP contribution in [0.15, 0.2) is 76.0 Å². The van der Waals surface area contributed by atoms with Gasteiger partial charge in [-0.05, 0) is 42.3 Å².